The quantitative estimate of drug-likeness (QED) is 0.845. The zero-order valence-electron chi connectivity index (χ0n) is 11.5. The van der Waals surface area contributed by atoms with Crippen LogP contribution in [0.3, 0.4) is 0 Å². The zero-order valence-corrected chi connectivity index (χ0v) is 11.5. The first-order chi connectivity index (χ1) is 9.72. The van der Waals surface area contributed by atoms with Crippen molar-refractivity contribution in [1.82, 2.24) is 4.90 Å². The molecule has 106 valence electrons. The average molecular weight is 272 g/mol. The van der Waals surface area contributed by atoms with E-state index in [1.54, 1.807) is 0 Å². The molecular formula is C16H20N2O2. The van der Waals surface area contributed by atoms with E-state index in [2.05, 4.69) is 0 Å². The highest BCUT2D eigenvalue weighted by Gasteiger charge is 2.49. The van der Waals surface area contributed by atoms with Gasteiger partial charge in [-0.1, -0.05) is 36.8 Å². The minimum Gasteiger partial charge on any atom is -0.330 e. The van der Waals surface area contributed by atoms with Crippen molar-refractivity contribution in [2.75, 3.05) is 13.1 Å². The minimum atomic E-state index is -0.0586. The molecule has 0 spiro atoms. The molecule has 3 atom stereocenters. The number of benzene rings is 1. The number of carbonyl (C=O) groups excluding carboxylic acids is 2. The Labute approximate surface area is 118 Å². The van der Waals surface area contributed by atoms with E-state index in [-0.39, 0.29) is 29.6 Å². The van der Waals surface area contributed by atoms with Crippen LogP contribution < -0.4 is 5.73 Å². The number of rotatable bonds is 4. The Morgan fingerprint density at radius 3 is 2.25 bits per heavy atom. The standard InChI is InChI=1S/C16H20N2O2/c17-9-12(11-5-2-1-3-6-11)10-18-15(19)13-7-4-8-14(13)16(18)20/h1-3,5-6,12-14H,4,7-10,17H2. The lowest BCUT2D eigenvalue weighted by Crippen LogP contribution is -2.37. The van der Waals surface area contributed by atoms with Gasteiger partial charge in [-0.05, 0) is 18.4 Å². The molecule has 0 aromatic heterocycles. The van der Waals surface area contributed by atoms with Gasteiger partial charge < -0.3 is 5.73 Å². The van der Waals surface area contributed by atoms with Gasteiger partial charge in [0.15, 0.2) is 0 Å². The third-order valence-electron chi connectivity index (χ3n) is 4.64. The van der Waals surface area contributed by atoms with E-state index in [1.807, 2.05) is 30.3 Å². The number of likely N-dealkylation sites (tertiary alicyclic amines) is 1. The topological polar surface area (TPSA) is 63.4 Å². The zero-order chi connectivity index (χ0) is 14.1. The molecule has 1 saturated carbocycles. The van der Waals surface area contributed by atoms with Crippen molar-refractivity contribution in [1.29, 1.82) is 0 Å². The third kappa shape index (κ3) is 2.14. The van der Waals surface area contributed by atoms with Crippen molar-refractivity contribution in [3.63, 3.8) is 0 Å². The molecule has 1 aromatic rings. The molecule has 4 nitrogen and oxygen atoms in total. The van der Waals surface area contributed by atoms with Gasteiger partial charge in [0.1, 0.15) is 0 Å². The molecule has 2 amide bonds. The normalized spacial score (nSPS) is 26.9. The molecule has 3 rings (SSSR count). The molecule has 1 aromatic carbocycles. The Balaban J connectivity index is 1.77. The van der Waals surface area contributed by atoms with Crippen LogP contribution >= 0.6 is 0 Å². The average Bonchev–Trinajstić information content (AvgIpc) is 3.04. The second-order valence-electron chi connectivity index (χ2n) is 5.77. The largest absolute Gasteiger partial charge is 0.330 e. The van der Waals surface area contributed by atoms with Gasteiger partial charge in [0, 0.05) is 19.0 Å². The van der Waals surface area contributed by atoms with E-state index in [9.17, 15) is 9.59 Å². The summed E-state index contributed by atoms with van der Waals surface area (Å²) in [6.45, 7) is 0.863. The van der Waals surface area contributed by atoms with E-state index < -0.39 is 0 Å². The first-order valence-corrected chi connectivity index (χ1v) is 7.32. The molecule has 0 radical (unpaired) electrons. The van der Waals surface area contributed by atoms with Gasteiger partial charge in [-0.25, -0.2) is 0 Å². The summed E-state index contributed by atoms with van der Waals surface area (Å²) in [7, 11) is 0. The lowest BCUT2D eigenvalue weighted by atomic mass is 9.98. The number of fused-ring (bicyclic) bond motifs is 1. The summed E-state index contributed by atoms with van der Waals surface area (Å²) in [4.78, 5) is 26.1. The monoisotopic (exact) mass is 272 g/mol. The van der Waals surface area contributed by atoms with E-state index in [0.717, 1.165) is 24.8 Å². The maximum atomic E-state index is 12.3. The highest BCUT2D eigenvalue weighted by Crippen LogP contribution is 2.40. The summed E-state index contributed by atoms with van der Waals surface area (Å²) >= 11 is 0. The van der Waals surface area contributed by atoms with Crippen LogP contribution in [0.5, 0.6) is 0 Å². The van der Waals surface area contributed by atoms with Crippen molar-refractivity contribution in [3.05, 3.63) is 35.9 Å². The summed E-state index contributed by atoms with van der Waals surface area (Å²) in [6.07, 6.45) is 2.73. The van der Waals surface area contributed by atoms with Gasteiger partial charge in [0.25, 0.3) is 0 Å². The number of imide groups is 1. The number of nitrogens with zero attached hydrogens (tertiary/aromatic N) is 1. The Bertz CT molecular complexity index is 492. The van der Waals surface area contributed by atoms with Gasteiger partial charge in [0.05, 0.1) is 11.8 Å². The Morgan fingerprint density at radius 2 is 1.70 bits per heavy atom. The fraction of sp³-hybridized carbons (Fsp3) is 0.500. The van der Waals surface area contributed by atoms with Gasteiger partial charge in [-0.15, -0.1) is 0 Å². The van der Waals surface area contributed by atoms with Crippen LogP contribution in [-0.4, -0.2) is 29.8 Å². The van der Waals surface area contributed by atoms with Crippen LogP contribution in [0.2, 0.25) is 0 Å². The molecule has 4 heteroatoms. The van der Waals surface area contributed by atoms with Crippen LogP contribution in [-0.2, 0) is 9.59 Å². The molecule has 2 N–H and O–H groups in total. The second-order valence-corrected chi connectivity index (χ2v) is 5.77. The summed E-state index contributed by atoms with van der Waals surface area (Å²) in [5.41, 5.74) is 6.93. The first-order valence-electron chi connectivity index (χ1n) is 7.32. The number of hydrogen-bond donors (Lipinski definition) is 1. The number of carbonyl (C=O) groups is 2. The second kappa shape index (κ2) is 5.37. The molecule has 20 heavy (non-hydrogen) atoms. The van der Waals surface area contributed by atoms with Crippen LogP contribution in [0, 0.1) is 11.8 Å². The maximum Gasteiger partial charge on any atom is 0.233 e. The third-order valence-corrected chi connectivity index (χ3v) is 4.64. The first kappa shape index (κ1) is 13.3. The highest BCUT2D eigenvalue weighted by atomic mass is 16.2. The van der Waals surface area contributed by atoms with E-state index in [4.69, 9.17) is 5.73 Å². The fourth-order valence-electron chi connectivity index (χ4n) is 3.50. The lowest BCUT2D eigenvalue weighted by molar-refractivity contribution is -0.140. The van der Waals surface area contributed by atoms with E-state index >= 15 is 0 Å². The van der Waals surface area contributed by atoms with Gasteiger partial charge >= 0.3 is 0 Å². The van der Waals surface area contributed by atoms with Crippen molar-refractivity contribution in [2.24, 2.45) is 17.6 Å². The van der Waals surface area contributed by atoms with Gasteiger partial charge in [-0.3, -0.25) is 14.5 Å². The highest BCUT2D eigenvalue weighted by molar-refractivity contribution is 6.05. The van der Waals surface area contributed by atoms with Crippen LogP contribution in [0.4, 0.5) is 0 Å². The summed E-state index contributed by atoms with van der Waals surface area (Å²) in [6, 6.07) is 9.88. The van der Waals surface area contributed by atoms with Crippen LogP contribution in [0.1, 0.15) is 30.7 Å². The smallest absolute Gasteiger partial charge is 0.233 e. The van der Waals surface area contributed by atoms with Crippen molar-refractivity contribution in [3.8, 4) is 0 Å². The molecule has 1 heterocycles. The van der Waals surface area contributed by atoms with Gasteiger partial charge in [-0.2, -0.15) is 0 Å². The van der Waals surface area contributed by atoms with E-state index in [1.165, 1.54) is 4.90 Å². The van der Waals surface area contributed by atoms with Crippen LogP contribution in [0.15, 0.2) is 30.3 Å². The molecular weight excluding hydrogens is 252 g/mol. The number of nitrogens with two attached hydrogens (primary N) is 1. The number of hydrogen-bond acceptors (Lipinski definition) is 3. The Kier molecular flexibility index (Phi) is 3.57. The summed E-state index contributed by atoms with van der Waals surface area (Å²) < 4.78 is 0. The summed E-state index contributed by atoms with van der Waals surface area (Å²) in [5.74, 6) is -0.0462. The molecule has 0 bridgehead atoms. The van der Waals surface area contributed by atoms with Gasteiger partial charge in [0.2, 0.25) is 11.8 Å². The van der Waals surface area contributed by atoms with Crippen LogP contribution in [0.25, 0.3) is 0 Å². The number of amides is 2. The minimum absolute atomic E-state index is 0.0203. The predicted octanol–water partition coefficient (Wildman–Crippen LogP) is 1.51. The molecule has 2 fully saturated rings. The molecule has 1 aliphatic heterocycles. The van der Waals surface area contributed by atoms with Crippen molar-refractivity contribution < 1.29 is 9.59 Å². The molecule has 1 saturated heterocycles. The molecule has 2 aliphatic rings. The predicted molar refractivity (Wildman–Crippen MR) is 75.8 cm³/mol. The molecule has 1 aliphatic carbocycles. The Hall–Kier alpha value is -1.68. The van der Waals surface area contributed by atoms with E-state index in [0.29, 0.717) is 13.1 Å². The lowest BCUT2D eigenvalue weighted by Gasteiger charge is -2.22. The van der Waals surface area contributed by atoms with Crippen molar-refractivity contribution in [2.45, 2.75) is 25.2 Å². The van der Waals surface area contributed by atoms with Crippen molar-refractivity contribution >= 4 is 11.8 Å². The maximum absolute atomic E-state index is 12.3. The summed E-state index contributed by atoms with van der Waals surface area (Å²) in [5, 5.41) is 0. The fourth-order valence-corrected chi connectivity index (χ4v) is 3.50. The SMILES string of the molecule is NCC(CN1C(=O)C2CCCC2C1=O)c1ccccc1. The Morgan fingerprint density at radius 1 is 1.10 bits per heavy atom. The molecule has 3 unspecified atom stereocenters.